The van der Waals surface area contributed by atoms with E-state index in [4.69, 9.17) is 0 Å². The Balaban J connectivity index is 1.68. The Bertz CT molecular complexity index is 567. The molecule has 0 aromatic heterocycles. The number of nitrogens with zero attached hydrogens (tertiary/aromatic N) is 2. The molecule has 0 bridgehead atoms. The normalized spacial score (nSPS) is 23.3. The standard InChI is InChI=1S/C10H21N.C7H15N.C6H4.C2H5.2Ga/c1-4-7-9-11(6-3)10-8-5-2;1-4-6-8(3)7-5-2;1-2-4-6-5-3-1;1-2;;/h1-2,4-10H2,3H3;1-2,4-7H2,3H3;1-2,5-6H;1H2,2H3;;/q;;;;;-1. The molecule has 0 radical (unpaired) electrons. The van der Waals surface area contributed by atoms with Crippen molar-refractivity contribution in [2.75, 3.05) is 39.8 Å². The molecule has 2 aliphatic heterocycles. The molecule has 4 heteroatoms. The van der Waals surface area contributed by atoms with Crippen LogP contribution in [0.15, 0.2) is 24.3 Å². The van der Waals surface area contributed by atoms with Crippen molar-refractivity contribution < 1.29 is 0 Å². The zero-order valence-electron chi connectivity index (χ0n) is 19.7. The fraction of sp³-hybridized carbons (Fsp3) is 0.760. The van der Waals surface area contributed by atoms with Gasteiger partial charge in [0.25, 0.3) is 0 Å². The third-order valence-electron chi connectivity index (χ3n) is 8.49. The van der Waals surface area contributed by atoms with Crippen molar-refractivity contribution in [3.05, 3.63) is 24.3 Å². The fourth-order valence-corrected chi connectivity index (χ4v) is 24.0. The number of benzene rings is 1. The van der Waals surface area contributed by atoms with Crippen LogP contribution in [0, 0.1) is 0 Å². The van der Waals surface area contributed by atoms with Crippen molar-refractivity contribution in [1.29, 1.82) is 0 Å². The number of rotatable bonds is 4. The maximum absolute atomic E-state index is 2.68. The molecule has 1 aromatic rings. The second-order valence-electron chi connectivity index (χ2n) is 10.3. The Kier molecular flexibility index (Phi) is 10.3. The van der Waals surface area contributed by atoms with Crippen molar-refractivity contribution in [2.45, 2.75) is 77.2 Å². The fourth-order valence-electron chi connectivity index (χ4n) is 6.27. The summed E-state index contributed by atoms with van der Waals surface area (Å²) in [6.45, 7) is 11.4. The number of hydrogen-bond donors (Lipinski definition) is 0. The molecule has 3 rings (SSSR count). The van der Waals surface area contributed by atoms with Crippen molar-refractivity contribution in [2.24, 2.45) is 0 Å². The Morgan fingerprint density at radius 1 is 0.793 bits per heavy atom. The molecule has 0 unspecified atom stereocenters. The van der Waals surface area contributed by atoms with Crippen molar-refractivity contribution in [3.8, 4) is 0 Å². The van der Waals surface area contributed by atoms with Crippen LogP contribution in [0.4, 0.5) is 0 Å². The van der Waals surface area contributed by atoms with Crippen LogP contribution < -0.4 is 8.24 Å². The summed E-state index contributed by atoms with van der Waals surface area (Å²) in [5.74, 6) is 0. The molecule has 0 saturated carbocycles. The van der Waals surface area contributed by atoms with Gasteiger partial charge in [0.05, 0.1) is 0 Å². The van der Waals surface area contributed by atoms with Gasteiger partial charge in [0, 0.05) is 0 Å². The molecule has 2 nitrogen and oxygen atoms in total. The first-order valence-corrected chi connectivity index (χ1v) is 23.9. The van der Waals surface area contributed by atoms with Crippen LogP contribution in [0.25, 0.3) is 0 Å². The topological polar surface area (TPSA) is 6.48 Å². The van der Waals surface area contributed by atoms with Crippen molar-refractivity contribution >= 4 is 39.5 Å². The van der Waals surface area contributed by atoms with Crippen LogP contribution in [0.5, 0.6) is 0 Å². The second-order valence-corrected chi connectivity index (χ2v) is 28.7. The van der Waals surface area contributed by atoms with Crippen LogP contribution in [0.2, 0.25) is 24.9 Å². The minimum absolute atomic E-state index is 1.24. The molecule has 1 aromatic carbocycles. The second kappa shape index (κ2) is 12.4. The molecule has 0 N–H and O–H groups in total. The van der Waals surface area contributed by atoms with Gasteiger partial charge < -0.3 is 0 Å². The van der Waals surface area contributed by atoms with Gasteiger partial charge in [-0.05, 0) is 0 Å². The third-order valence-corrected chi connectivity index (χ3v) is 29.3. The van der Waals surface area contributed by atoms with E-state index in [2.05, 4.69) is 55.0 Å². The zero-order valence-corrected chi connectivity index (χ0v) is 24.5. The van der Waals surface area contributed by atoms with Crippen molar-refractivity contribution in [1.82, 2.24) is 9.80 Å². The molecule has 162 valence electrons. The van der Waals surface area contributed by atoms with E-state index < -0.39 is 31.2 Å². The first-order valence-electron chi connectivity index (χ1n) is 12.9. The molecule has 2 saturated heterocycles. The predicted octanol–water partition coefficient (Wildman–Crippen LogP) is 4.69. The summed E-state index contributed by atoms with van der Waals surface area (Å²) in [5, 5.41) is 0. The van der Waals surface area contributed by atoms with E-state index in [1.807, 2.05) is 8.24 Å². The summed E-state index contributed by atoms with van der Waals surface area (Å²) in [5.41, 5.74) is 0. The quantitative estimate of drug-likeness (QED) is 0.540. The maximum atomic E-state index is 2.68. The van der Waals surface area contributed by atoms with Gasteiger partial charge in [-0.3, -0.25) is 0 Å². The van der Waals surface area contributed by atoms with Gasteiger partial charge in [-0.2, -0.15) is 0 Å². The molecule has 2 heterocycles. The van der Waals surface area contributed by atoms with Gasteiger partial charge in [0.1, 0.15) is 0 Å². The molecular formula is C25H45Ga2N2-. The number of hydrogen-bond acceptors (Lipinski definition) is 2. The van der Waals surface area contributed by atoms with E-state index in [0.29, 0.717) is 0 Å². The Labute approximate surface area is 189 Å². The van der Waals surface area contributed by atoms with Gasteiger partial charge in [-0.1, -0.05) is 0 Å². The zero-order chi connectivity index (χ0) is 20.5. The van der Waals surface area contributed by atoms with Crippen molar-refractivity contribution in [3.63, 3.8) is 0 Å². The molecular weight excluding hydrogens is 468 g/mol. The van der Waals surface area contributed by atoms with E-state index >= 15 is 0 Å². The van der Waals surface area contributed by atoms with E-state index in [9.17, 15) is 0 Å². The van der Waals surface area contributed by atoms with Crippen LogP contribution in [-0.2, 0) is 0 Å². The van der Waals surface area contributed by atoms with Crippen LogP contribution in [-0.4, -0.2) is 80.8 Å². The molecule has 0 atom stereocenters. The molecule has 29 heavy (non-hydrogen) atoms. The van der Waals surface area contributed by atoms with E-state index in [1.165, 1.54) is 76.2 Å². The van der Waals surface area contributed by atoms with Gasteiger partial charge in [-0.25, -0.2) is 0 Å². The third kappa shape index (κ3) is 6.95. The first kappa shape index (κ1) is 24.1. The van der Waals surface area contributed by atoms with Crippen LogP contribution in [0.1, 0.15) is 52.4 Å². The van der Waals surface area contributed by atoms with E-state index in [-0.39, 0.29) is 0 Å². The molecule has 0 aliphatic carbocycles. The Morgan fingerprint density at radius 2 is 1.38 bits per heavy atom. The predicted molar refractivity (Wildman–Crippen MR) is 134 cm³/mol. The van der Waals surface area contributed by atoms with E-state index in [1.54, 1.807) is 19.9 Å². The van der Waals surface area contributed by atoms with Gasteiger partial charge in [-0.15, -0.1) is 0 Å². The average Bonchev–Trinajstić information content (AvgIpc) is 2.74. The van der Waals surface area contributed by atoms with Gasteiger partial charge in [0.15, 0.2) is 0 Å². The summed E-state index contributed by atoms with van der Waals surface area (Å²) in [4.78, 5) is 13.0. The molecule has 0 amide bonds. The molecule has 0 spiro atoms. The SMILES string of the molecule is CCN1CCC[CH2][Ga-]([CH2]C)([c]2cc[c]([Ga]3[CH2]CCN(C)CC[CH2]3)cc2)[CH2]CCC1. The molecule has 2 fully saturated rings. The summed E-state index contributed by atoms with van der Waals surface area (Å²) in [6, 6.07) is 10.6. The van der Waals surface area contributed by atoms with Crippen LogP contribution >= 0.6 is 0 Å². The average molecular weight is 513 g/mol. The Morgan fingerprint density at radius 3 is 1.90 bits per heavy atom. The van der Waals surface area contributed by atoms with Crippen LogP contribution in [0.3, 0.4) is 0 Å². The summed E-state index contributed by atoms with van der Waals surface area (Å²) in [7, 11) is 2.30. The Hall–Kier alpha value is 0.413. The molecule has 2 aliphatic rings. The van der Waals surface area contributed by atoms with Gasteiger partial charge >= 0.3 is 191 Å². The van der Waals surface area contributed by atoms with Gasteiger partial charge in [0.2, 0.25) is 0 Å². The summed E-state index contributed by atoms with van der Waals surface area (Å²) in [6.07, 6.45) is 8.69. The van der Waals surface area contributed by atoms with E-state index in [0.717, 1.165) is 0 Å². The monoisotopic (exact) mass is 511 g/mol. The summed E-state index contributed by atoms with van der Waals surface area (Å²) < 4.78 is 3.68. The summed E-state index contributed by atoms with van der Waals surface area (Å²) >= 11 is -3.38. The minimum atomic E-state index is -2.11. The first-order chi connectivity index (χ1) is 14.2.